The van der Waals surface area contributed by atoms with Gasteiger partial charge in [0.25, 0.3) is 5.92 Å². The Morgan fingerprint density at radius 3 is 2.85 bits per heavy atom. The SMILES string of the molecule is Cc1cc(C#CC2CC(F)(F)C2)ccc1-c1cn(CC2CCCCO2)nn1. The third kappa shape index (κ3) is 4.36. The van der Waals surface area contributed by atoms with Crippen LogP contribution in [0.1, 0.15) is 43.2 Å². The number of alkyl halides is 2. The molecule has 1 aromatic heterocycles. The lowest BCUT2D eigenvalue weighted by molar-refractivity contribution is -0.0936. The van der Waals surface area contributed by atoms with Crippen molar-refractivity contribution in [3.63, 3.8) is 0 Å². The van der Waals surface area contributed by atoms with Crippen LogP contribution in [0.25, 0.3) is 11.3 Å². The summed E-state index contributed by atoms with van der Waals surface area (Å²) in [5, 5.41) is 8.52. The summed E-state index contributed by atoms with van der Waals surface area (Å²) in [7, 11) is 0. The molecule has 0 N–H and O–H groups in total. The molecule has 0 amide bonds. The zero-order chi connectivity index (χ0) is 18.9. The first-order valence-electron chi connectivity index (χ1n) is 9.51. The van der Waals surface area contributed by atoms with Crippen LogP contribution in [-0.2, 0) is 11.3 Å². The number of aryl methyl sites for hydroxylation is 1. The molecule has 4 rings (SSSR count). The molecule has 2 aliphatic rings. The van der Waals surface area contributed by atoms with Crippen molar-refractivity contribution in [1.82, 2.24) is 15.0 Å². The molecule has 0 bridgehead atoms. The predicted octanol–water partition coefficient (Wildman–Crippen LogP) is 4.22. The van der Waals surface area contributed by atoms with E-state index in [1.54, 1.807) is 0 Å². The van der Waals surface area contributed by atoms with Gasteiger partial charge >= 0.3 is 0 Å². The van der Waals surface area contributed by atoms with E-state index < -0.39 is 5.92 Å². The van der Waals surface area contributed by atoms with E-state index in [-0.39, 0.29) is 24.9 Å². The van der Waals surface area contributed by atoms with Crippen LogP contribution in [0.4, 0.5) is 8.78 Å². The van der Waals surface area contributed by atoms with Crippen LogP contribution in [0.2, 0.25) is 0 Å². The lowest BCUT2D eigenvalue weighted by atomic mass is 9.82. The number of rotatable bonds is 3. The molecular weight excluding hydrogens is 348 g/mol. The van der Waals surface area contributed by atoms with Crippen molar-refractivity contribution in [2.24, 2.45) is 5.92 Å². The highest BCUT2D eigenvalue weighted by atomic mass is 19.3. The minimum atomic E-state index is -2.52. The van der Waals surface area contributed by atoms with Gasteiger partial charge in [0.15, 0.2) is 0 Å². The highest BCUT2D eigenvalue weighted by Gasteiger charge is 2.44. The Hall–Kier alpha value is -2.26. The van der Waals surface area contributed by atoms with Gasteiger partial charge in [-0.3, -0.25) is 0 Å². The Morgan fingerprint density at radius 2 is 2.15 bits per heavy atom. The largest absolute Gasteiger partial charge is 0.376 e. The molecule has 6 heteroatoms. The van der Waals surface area contributed by atoms with Crippen molar-refractivity contribution < 1.29 is 13.5 Å². The van der Waals surface area contributed by atoms with Gasteiger partial charge in [-0.2, -0.15) is 0 Å². The van der Waals surface area contributed by atoms with Crippen LogP contribution in [0.5, 0.6) is 0 Å². The molecule has 27 heavy (non-hydrogen) atoms. The van der Waals surface area contributed by atoms with E-state index in [0.29, 0.717) is 0 Å². The Balaban J connectivity index is 1.43. The zero-order valence-electron chi connectivity index (χ0n) is 15.4. The van der Waals surface area contributed by atoms with E-state index in [1.165, 1.54) is 6.42 Å². The van der Waals surface area contributed by atoms with Crippen molar-refractivity contribution in [2.45, 2.75) is 57.6 Å². The van der Waals surface area contributed by atoms with E-state index in [4.69, 9.17) is 4.74 Å². The third-order valence-electron chi connectivity index (χ3n) is 5.22. The van der Waals surface area contributed by atoms with Gasteiger partial charge in [0.1, 0.15) is 5.69 Å². The van der Waals surface area contributed by atoms with Gasteiger partial charge in [-0.1, -0.05) is 23.1 Å². The van der Waals surface area contributed by atoms with E-state index in [1.807, 2.05) is 36.0 Å². The quantitative estimate of drug-likeness (QED) is 0.759. The van der Waals surface area contributed by atoms with Crippen molar-refractivity contribution in [3.05, 3.63) is 35.5 Å². The third-order valence-corrected chi connectivity index (χ3v) is 5.22. The van der Waals surface area contributed by atoms with E-state index >= 15 is 0 Å². The number of halogens is 2. The molecule has 4 nitrogen and oxygen atoms in total. The summed E-state index contributed by atoms with van der Waals surface area (Å²) < 4.78 is 33.4. The van der Waals surface area contributed by atoms with E-state index in [9.17, 15) is 8.78 Å². The summed E-state index contributed by atoms with van der Waals surface area (Å²) in [6.45, 7) is 3.55. The summed E-state index contributed by atoms with van der Waals surface area (Å²) in [4.78, 5) is 0. The Morgan fingerprint density at radius 1 is 1.30 bits per heavy atom. The first kappa shape index (κ1) is 18.1. The first-order chi connectivity index (χ1) is 13.0. The molecule has 1 saturated heterocycles. The molecule has 1 atom stereocenters. The molecule has 1 aliphatic heterocycles. The van der Waals surface area contributed by atoms with Gasteiger partial charge in [-0.05, 0) is 43.9 Å². The Bertz CT molecular complexity index is 867. The van der Waals surface area contributed by atoms with Crippen molar-refractivity contribution in [2.75, 3.05) is 6.61 Å². The van der Waals surface area contributed by atoms with Crippen LogP contribution in [0.15, 0.2) is 24.4 Å². The predicted molar refractivity (Wildman–Crippen MR) is 98.3 cm³/mol. The molecular formula is C21H23F2N3O. The average Bonchev–Trinajstić information content (AvgIpc) is 3.07. The van der Waals surface area contributed by atoms with Gasteiger partial charge in [0, 0.05) is 36.5 Å². The monoisotopic (exact) mass is 371 g/mol. The summed E-state index contributed by atoms with van der Waals surface area (Å²) in [6, 6.07) is 5.86. The van der Waals surface area contributed by atoms with Gasteiger partial charge in [0.05, 0.1) is 18.8 Å². The van der Waals surface area contributed by atoms with Crippen LogP contribution in [-0.4, -0.2) is 33.6 Å². The summed E-state index contributed by atoms with van der Waals surface area (Å²) in [5.41, 5.74) is 3.71. The molecule has 2 heterocycles. The molecule has 142 valence electrons. The van der Waals surface area contributed by atoms with Crippen molar-refractivity contribution in [3.8, 4) is 23.1 Å². The number of hydrogen-bond acceptors (Lipinski definition) is 3. The van der Waals surface area contributed by atoms with Crippen LogP contribution in [0, 0.1) is 24.7 Å². The maximum atomic E-state index is 12.9. The molecule has 1 saturated carbocycles. The van der Waals surface area contributed by atoms with Gasteiger partial charge in [-0.25, -0.2) is 13.5 Å². The second-order valence-corrected chi connectivity index (χ2v) is 7.57. The first-order valence-corrected chi connectivity index (χ1v) is 9.51. The van der Waals surface area contributed by atoms with Crippen LogP contribution >= 0.6 is 0 Å². The maximum absolute atomic E-state index is 12.9. The molecule has 1 aromatic carbocycles. The number of benzene rings is 1. The maximum Gasteiger partial charge on any atom is 0.250 e. The summed E-state index contributed by atoms with van der Waals surface area (Å²) in [5.74, 6) is 3.26. The minimum Gasteiger partial charge on any atom is -0.376 e. The number of nitrogens with zero attached hydrogens (tertiary/aromatic N) is 3. The number of aromatic nitrogens is 3. The minimum absolute atomic E-state index is 0.120. The molecule has 2 fully saturated rings. The van der Waals surface area contributed by atoms with Gasteiger partial charge in [-0.15, -0.1) is 5.10 Å². The summed E-state index contributed by atoms with van der Waals surface area (Å²) >= 11 is 0. The molecule has 0 spiro atoms. The second-order valence-electron chi connectivity index (χ2n) is 7.57. The Labute approximate surface area is 157 Å². The molecule has 2 aromatic rings. The zero-order valence-corrected chi connectivity index (χ0v) is 15.4. The average molecular weight is 371 g/mol. The Kier molecular flexibility index (Phi) is 4.96. The van der Waals surface area contributed by atoms with Crippen molar-refractivity contribution in [1.29, 1.82) is 0 Å². The van der Waals surface area contributed by atoms with Gasteiger partial charge < -0.3 is 4.74 Å². The van der Waals surface area contributed by atoms with Gasteiger partial charge in [0.2, 0.25) is 0 Å². The van der Waals surface area contributed by atoms with Crippen LogP contribution in [0.3, 0.4) is 0 Å². The second kappa shape index (κ2) is 7.40. The lowest BCUT2D eigenvalue weighted by Gasteiger charge is -2.31. The highest BCUT2D eigenvalue weighted by molar-refractivity contribution is 5.64. The van der Waals surface area contributed by atoms with Crippen molar-refractivity contribution >= 4 is 0 Å². The fraction of sp³-hybridized carbons (Fsp3) is 0.524. The fourth-order valence-corrected chi connectivity index (χ4v) is 3.65. The fourth-order valence-electron chi connectivity index (χ4n) is 3.65. The number of ether oxygens (including phenoxy) is 1. The van der Waals surface area contributed by atoms with E-state index in [0.717, 1.165) is 48.4 Å². The van der Waals surface area contributed by atoms with Crippen LogP contribution < -0.4 is 0 Å². The topological polar surface area (TPSA) is 39.9 Å². The lowest BCUT2D eigenvalue weighted by Crippen LogP contribution is -2.34. The number of hydrogen-bond donors (Lipinski definition) is 0. The molecule has 1 unspecified atom stereocenters. The molecule has 1 aliphatic carbocycles. The standard InChI is InChI=1S/C21H23F2N3O/c1-15-10-16(5-6-17-11-21(22,23)12-17)7-8-19(15)20-14-26(25-24-20)13-18-4-2-3-9-27-18/h7-8,10,14,17-18H,2-4,9,11-13H2,1H3. The normalized spacial score (nSPS) is 22.0. The van der Waals surface area contributed by atoms with E-state index in [2.05, 4.69) is 22.2 Å². The molecule has 0 radical (unpaired) electrons. The summed E-state index contributed by atoms with van der Waals surface area (Å²) in [6.07, 6.45) is 5.32. The smallest absolute Gasteiger partial charge is 0.250 e. The highest BCUT2D eigenvalue weighted by Crippen LogP contribution is 2.41.